The number of nitrogens with zero attached hydrogens (tertiary/aromatic N) is 3. The van der Waals surface area contributed by atoms with Crippen LogP contribution in [0.15, 0.2) is 17.1 Å². The van der Waals surface area contributed by atoms with Gasteiger partial charge in [0, 0.05) is 39.9 Å². The number of hydrogen-bond donors (Lipinski definition) is 0. The van der Waals surface area contributed by atoms with Crippen molar-refractivity contribution < 1.29 is 33.3 Å². The minimum absolute atomic E-state index is 0.217. The van der Waals surface area contributed by atoms with E-state index in [4.69, 9.17) is 35.3 Å². The summed E-state index contributed by atoms with van der Waals surface area (Å²) < 4.78 is 25.1. The van der Waals surface area contributed by atoms with Gasteiger partial charge in [0.15, 0.2) is 16.9 Å². The molecule has 162 valence electrons. The third-order valence-corrected chi connectivity index (χ3v) is 3.28. The molecule has 10 nitrogen and oxygen atoms in total. The van der Waals surface area contributed by atoms with Crippen molar-refractivity contribution in [3.05, 3.63) is 17.3 Å². The van der Waals surface area contributed by atoms with Crippen molar-refractivity contribution in [1.82, 2.24) is 10.2 Å². The molecule has 1 aliphatic heterocycles. The van der Waals surface area contributed by atoms with Crippen LogP contribution in [0.5, 0.6) is 0 Å². The number of carbonyl (C=O) groups is 2. The highest BCUT2D eigenvalue weighted by atomic mass is 35.5. The van der Waals surface area contributed by atoms with E-state index in [1.54, 1.807) is 0 Å². The predicted molar refractivity (Wildman–Crippen MR) is 104 cm³/mol. The number of aromatic nitrogens is 2. The van der Waals surface area contributed by atoms with E-state index in [-0.39, 0.29) is 11.0 Å². The lowest BCUT2D eigenvalue weighted by Crippen LogP contribution is -2.46. The maximum atomic E-state index is 11.6. The van der Waals surface area contributed by atoms with Gasteiger partial charge < -0.3 is 23.7 Å². The van der Waals surface area contributed by atoms with Crippen LogP contribution in [0.4, 0.5) is 5.82 Å². The van der Waals surface area contributed by atoms with Crippen LogP contribution in [0, 0.1) is 5.92 Å². The SMILES string of the molecule is CC1(C)OC(=O)C(C=Nc2ccc(Cl)nn2)C(=O)O1.CCOC(OCC)OCC. The van der Waals surface area contributed by atoms with Gasteiger partial charge in [0.05, 0.1) is 0 Å². The number of rotatable bonds is 8. The zero-order valence-electron chi connectivity index (χ0n) is 17.1. The Morgan fingerprint density at radius 2 is 1.59 bits per heavy atom. The summed E-state index contributed by atoms with van der Waals surface area (Å²) in [5.41, 5.74) is 0. The molecule has 0 aliphatic carbocycles. The molecule has 0 radical (unpaired) electrons. The van der Waals surface area contributed by atoms with Crippen LogP contribution in [0.25, 0.3) is 0 Å². The van der Waals surface area contributed by atoms with Gasteiger partial charge in [-0.25, -0.2) is 4.99 Å². The van der Waals surface area contributed by atoms with E-state index in [2.05, 4.69) is 15.2 Å². The van der Waals surface area contributed by atoms with Gasteiger partial charge in [0.2, 0.25) is 0 Å². The number of hydrogen-bond acceptors (Lipinski definition) is 10. The lowest BCUT2D eigenvalue weighted by atomic mass is 10.1. The van der Waals surface area contributed by atoms with Crippen LogP contribution in [-0.2, 0) is 33.3 Å². The van der Waals surface area contributed by atoms with Gasteiger partial charge in [0.25, 0.3) is 12.3 Å². The van der Waals surface area contributed by atoms with Crippen LogP contribution in [0.3, 0.4) is 0 Å². The maximum Gasteiger partial charge on any atom is 0.329 e. The number of aliphatic imine (C=N–C) groups is 1. The second-order valence-corrected chi connectivity index (χ2v) is 6.25. The van der Waals surface area contributed by atoms with Crippen molar-refractivity contribution in [2.45, 2.75) is 46.9 Å². The average Bonchev–Trinajstić information content (AvgIpc) is 2.63. The highest BCUT2D eigenvalue weighted by molar-refractivity contribution is 6.29. The van der Waals surface area contributed by atoms with E-state index in [9.17, 15) is 9.59 Å². The molecule has 1 fully saturated rings. The van der Waals surface area contributed by atoms with Gasteiger partial charge >= 0.3 is 11.9 Å². The van der Waals surface area contributed by atoms with Gasteiger partial charge in [-0.1, -0.05) is 11.6 Å². The fourth-order valence-electron chi connectivity index (χ4n) is 1.93. The summed E-state index contributed by atoms with van der Waals surface area (Å²) in [5.74, 6) is -3.67. The first-order chi connectivity index (χ1) is 13.7. The van der Waals surface area contributed by atoms with E-state index >= 15 is 0 Å². The van der Waals surface area contributed by atoms with Crippen LogP contribution >= 0.6 is 11.6 Å². The first kappa shape index (κ1) is 24.9. The molecule has 2 rings (SSSR count). The largest absolute Gasteiger partial charge is 0.422 e. The molecule has 0 saturated carbocycles. The van der Waals surface area contributed by atoms with Crippen LogP contribution < -0.4 is 0 Å². The monoisotopic (exact) mass is 431 g/mol. The summed E-state index contributed by atoms with van der Waals surface area (Å²) in [5, 5.41) is 7.45. The molecule has 29 heavy (non-hydrogen) atoms. The van der Waals surface area contributed by atoms with E-state index < -0.39 is 30.1 Å². The molecule has 0 N–H and O–H groups in total. The fourth-order valence-corrected chi connectivity index (χ4v) is 2.03. The van der Waals surface area contributed by atoms with E-state index in [0.717, 1.165) is 6.21 Å². The van der Waals surface area contributed by atoms with Gasteiger partial charge in [-0.15, -0.1) is 10.2 Å². The molecule has 1 aromatic rings. The number of ether oxygens (including phenoxy) is 5. The van der Waals surface area contributed by atoms with Gasteiger partial charge in [0.1, 0.15) is 0 Å². The van der Waals surface area contributed by atoms with Crippen LogP contribution in [0.2, 0.25) is 5.15 Å². The Balaban J connectivity index is 0.000000359. The summed E-state index contributed by atoms with van der Waals surface area (Å²) in [4.78, 5) is 27.1. The number of cyclic esters (lactones) is 2. The summed E-state index contributed by atoms with van der Waals surface area (Å²) in [7, 11) is 0. The Bertz CT molecular complexity index is 648. The van der Waals surface area contributed by atoms with Crippen molar-refractivity contribution >= 4 is 35.6 Å². The summed E-state index contributed by atoms with van der Waals surface area (Å²) in [6.45, 7) is 10.0. The van der Waals surface area contributed by atoms with Crippen molar-refractivity contribution in [2.24, 2.45) is 10.9 Å². The molecular weight excluding hydrogens is 406 g/mol. The van der Waals surface area contributed by atoms with Crippen molar-refractivity contribution in [1.29, 1.82) is 0 Å². The molecule has 0 atom stereocenters. The molecule has 11 heteroatoms. The standard InChI is InChI=1S/C11H10ClN3O4.C7H16O3/c1-11(2)18-9(16)6(10(17)19-11)5-13-8-4-3-7(12)14-15-8;1-4-8-7(9-5-2)10-6-3/h3-6H,1-2H3;7H,4-6H2,1-3H3. The Morgan fingerprint density at radius 3 is 2.00 bits per heavy atom. The average molecular weight is 432 g/mol. The molecule has 0 amide bonds. The zero-order chi connectivity index (χ0) is 21.9. The smallest absolute Gasteiger partial charge is 0.329 e. The number of halogens is 1. The number of esters is 2. The Labute approximate surface area is 174 Å². The molecule has 0 aromatic carbocycles. The minimum atomic E-state index is -1.25. The molecule has 1 aliphatic rings. The Hall–Kier alpha value is -2.14. The summed E-state index contributed by atoms with van der Waals surface area (Å²) in [6, 6.07) is 2.98. The zero-order valence-corrected chi connectivity index (χ0v) is 17.8. The second kappa shape index (κ2) is 12.4. The molecule has 0 spiro atoms. The first-order valence-electron chi connectivity index (χ1n) is 9.06. The Kier molecular flexibility index (Phi) is 10.7. The van der Waals surface area contributed by atoms with Crippen molar-refractivity contribution in [2.75, 3.05) is 19.8 Å². The molecule has 0 unspecified atom stereocenters. The van der Waals surface area contributed by atoms with Gasteiger partial charge in [-0.3, -0.25) is 9.59 Å². The highest BCUT2D eigenvalue weighted by Crippen LogP contribution is 2.22. The van der Waals surface area contributed by atoms with Gasteiger partial charge in [-0.2, -0.15) is 0 Å². The second-order valence-electron chi connectivity index (χ2n) is 5.87. The summed E-state index contributed by atoms with van der Waals surface area (Å²) >= 11 is 5.56. The normalized spacial score (nSPS) is 16.4. The van der Waals surface area contributed by atoms with Crippen molar-refractivity contribution in [3.63, 3.8) is 0 Å². The van der Waals surface area contributed by atoms with Crippen LogP contribution in [-0.4, -0.2) is 60.4 Å². The van der Waals surface area contributed by atoms with Crippen molar-refractivity contribution in [3.8, 4) is 0 Å². The maximum absolute atomic E-state index is 11.6. The minimum Gasteiger partial charge on any atom is -0.422 e. The lowest BCUT2D eigenvalue weighted by Gasteiger charge is -2.31. The Morgan fingerprint density at radius 1 is 1.07 bits per heavy atom. The third kappa shape index (κ3) is 9.27. The van der Waals surface area contributed by atoms with Gasteiger partial charge in [-0.05, 0) is 32.9 Å². The molecular formula is C18H26ClN3O7. The topological polar surface area (TPSA) is 118 Å². The first-order valence-corrected chi connectivity index (χ1v) is 9.44. The molecule has 2 heterocycles. The number of carbonyl (C=O) groups excluding carboxylic acids is 2. The predicted octanol–water partition coefficient (Wildman–Crippen LogP) is 2.66. The van der Waals surface area contributed by atoms with E-state index in [0.29, 0.717) is 19.8 Å². The van der Waals surface area contributed by atoms with E-state index in [1.807, 2.05) is 20.8 Å². The van der Waals surface area contributed by atoms with Crippen LogP contribution in [0.1, 0.15) is 34.6 Å². The van der Waals surface area contributed by atoms with E-state index in [1.165, 1.54) is 26.0 Å². The summed E-state index contributed by atoms with van der Waals surface area (Å²) in [6.07, 6.45) is 1.11. The third-order valence-electron chi connectivity index (χ3n) is 3.08. The molecule has 0 bridgehead atoms. The lowest BCUT2D eigenvalue weighted by molar-refractivity contribution is -0.282. The quantitative estimate of drug-likeness (QED) is 0.265. The molecule has 1 aromatic heterocycles. The highest BCUT2D eigenvalue weighted by Gasteiger charge is 2.42. The fraction of sp³-hybridized carbons (Fsp3) is 0.611. The molecule has 1 saturated heterocycles.